The van der Waals surface area contributed by atoms with Crippen LogP contribution in [-0.4, -0.2) is 37.4 Å². The molecule has 1 aliphatic rings. The largest absolute Gasteiger partial charge is 0.497 e. The molecule has 2 rings (SSSR count). The van der Waals surface area contributed by atoms with Gasteiger partial charge in [0.1, 0.15) is 5.75 Å². The fourth-order valence-corrected chi connectivity index (χ4v) is 2.61. The smallest absolute Gasteiger partial charge is 0.232 e. The average molecular weight is 290 g/mol. The van der Waals surface area contributed by atoms with E-state index in [-0.39, 0.29) is 29.7 Å². The van der Waals surface area contributed by atoms with Crippen LogP contribution in [0.5, 0.6) is 5.75 Å². The molecule has 0 saturated carbocycles. The lowest BCUT2D eigenvalue weighted by molar-refractivity contribution is -0.140. The Balaban J connectivity index is 2.19. The summed E-state index contributed by atoms with van der Waals surface area (Å²) in [6.45, 7) is 3.96. The van der Waals surface area contributed by atoms with E-state index in [1.54, 1.807) is 7.11 Å². The van der Waals surface area contributed by atoms with Gasteiger partial charge in [0.2, 0.25) is 11.8 Å². The van der Waals surface area contributed by atoms with Crippen LogP contribution >= 0.6 is 0 Å². The quantitative estimate of drug-likeness (QED) is 0.837. The van der Waals surface area contributed by atoms with Gasteiger partial charge < -0.3 is 10.1 Å². The molecule has 3 unspecified atom stereocenters. The minimum atomic E-state index is -0.236. The molecular formula is C16H22N2O3. The number of methoxy groups -OCH3 is 1. The number of carbonyl (C=O) groups excluding carboxylic acids is 2. The van der Waals surface area contributed by atoms with E-state index in [1.807, 2.05) is 45.2 Å². The maximum absolute atomic E-state index is 12.2. The Morgan fingerprint density at radius 2 is 1.86 bits per heavy atom. The highest BCUT2D eigenvalue weighted by Crippen LogP contribution is 2.28. The van der Waals surface area contributed by atoms with Crippen molar-refractivity contribution in [1.82, 2.24) is 10.2 Å². The van der Waals surface area contributed by atoms with Crippen molar-refractivity contribution >= 4 is 11.8 Å². The highest BCUT2D eigenvalue weighted by molar-refractivity contribution is 6.04. The fraction of sp³-hybridized carbons (Fsp3) is 0.500. The number of benzene rings is 1. The molecule has 1 N–H and O–H groups in total. The topological polar surface area (TPSA) is 58.6 Å². The first-order valence-electron chi connectivity index (χ1n) is 7.16. The van der Waals surface area contributed by atoms with E-state index in [4.69, 9.17) is 4.74 Å². The van der Waals surface area contributed by atoms with Crippen molar-refractivity contribution in [3.8, 4) is 5.75 Å². The molecule has 3 atom stereocenters. The molecule has 0 aliphatic carbocycles. The van der Waals surface area contributed by atoms with E-state index in [0.717, 1.165) is 11.3 Å². The van der Waals surface area contributed by atoms with E-state index < -0.39 is 0 Å². The number of rotatable bonds is 5. The minimum Gasteiger partial charge on any atom is -0.497 e. The van der Waals surface area contributed by atoms with E-state index in [2.05, 4.69) is 5.32 Å². The molecule has 1 aromatic carbocycles. The summed E-state index contributed by atoms with van der Waals surface area (Å²) in [7, 11) is 3.44. The van der Waals surface area contributed by atoms with Crippen LogP contribution < -0.4 is 10.1 Å². The monoisotopic (exact) mass is 290 g/mol. The average Bonchev–Trinajstić information content (AvgIpc) is 2.69. The van der Waals surface area contributed by atoms with E-state index in [9.17, 15) is 9.59 Å². The molecule has 1 saturated heterocycles. The molecule has 5 nitrogen and oxygen atoms in total. The first-order valence-corrected chi connectivity index (χ1v) is 7.16. The number of ether oxygens (including phenoxy) is 1. The molecule has 0 spiro atoms. The fourth-order valence-electron chi connectivity index (χ4n) is 2.61. The zero-order valence-corrected chi connectivity index (χ0v) is 12.9. The lowest BCUT2D eigenvalue weighted by Gasteiger charge is -2.23. The summed E-state index contributed by atoms with van der Waals surface area (Å²) in [6, 6.07) is 7.54. The van der Waals surface area contributed by atoms with Gasteiger partial charge in [-0.25, -0.2) is 0 Å². The summed E-state index contributed by atoms with van der Waals surface area (Å²) in [6.07, 6.45) is 0. The lowest BCUT2D eigenvalue weighted by atomic mass is 10.00. The van der Waals surface area contributed by atoms with Gasteiger partial charge in [0.05, 0.1) is 13.2 Å². The summed E-state index contributed by atoms with van der Waals surface area (Å²) in [5.41, 5.74) is 0.990. The van der Waals surface area contributed by atoms with Crippen LogP contribution in [0, 0.1) is 11.8 Å². The Hall–Kier alpha value is -1.88. The first-order chi connectivity index (χ1) is 9.99. The molecule has 0 bridgehead atoms. The lowest BCUT2D eigenvalue weighted by Crippen LogP contribution is -2.38. The third-order valence-corrected chi connectivity index (χ3v) is 4.27. The van der Waals surface area contributed by atoms with Crippen molar-refractivity contribution in [3.05, 3.63) is 29.8 Å². The second-order valence-electron chi connectivity index (χ2n) is 5.48. The molecule has 0 aromatic heterocycles. The molecule has 1 fully saturated rings. The van der Waals surface area contributed by atoms with Gasteiger partial charge in [-0.3, -0.25) is 14.5 Å². The Morgan fingerprint density at radius 1 is 1.24 bits per heavy atom. The number of nitrogens with one attached hydrogen (secondary N) is 1. The molecule has 2 amide bonds. The van der Waals surface area contributed by atoms with Gasteiger partial charge in [-0.05, 0) is 24.7 Å². The van der Waals surface area contributed by atoms with E-state index >= 15 is 0 Å². The van der Waals surface area contributed by atoms with Crippen LogP contribution in [-0.2, 0) is 9.59 Å². The number of nitrogens with zero attached hydrogens (tertiary/aromatic N) is 1. The highest BCUT2D eigenvalue weighted by Gasteiger charge is 2.42. The number of likely N-dealkylation sites (N-methyl/N-ethyl adjacent to an activating group) is 1. The first kappa shape index (κ1) is 15.5. The Bertz CT molecular complexity index is 524. The van der Waals surface area contributed by atoms with Crippen LogP contribution in [0.4, 0.5) is 0 Å². The van der Waals surface area contributed by atoms with Gasteiger partial charge in [0.25, 0.3) is 0 Å². The number of hydrogen-bond acceptors (Lipinski definition) is 4. The Labute approximate surface area is 125 Å². The molecule has 1 aliphatic heterocycles. The summed E-state index contributed by atoms with van der Waals surface area (Å²) >= 11 is 0. The predicted molar refractivity (Wildman–Crippen MR) is 79.8 cm³/mol. The Kier molecular flexibility index (Phi) is 4.63. The maximum atomic E-state index is 12.2. The number of likely N-dealkylation sites (tertiary alicyclic amines) is 1. The zero-order chi connectivity index (χ0) is 15.6. The van der Waals surface area contributed by atoms with E-state index in [0.29, 0.717) is 6.54 Å². The molecule has 114 valence electrons. The maximum Gasteiger partial charge on any atom is 0.232 e. The van der Waals surface area contributed by atoms with Crippen LogP contribution in [0.25, 0.3) is 0 Å². The number of amides is 2. The van der Waals surface area contributed by atoms with Crippen molar-refractivity contribution in [2.75, 3.05) is 20.7 Å². The second-order valence-corrected chi connectivity index (χ2v) is 5.48. The van der Waals surface area contributed by atoms with Crippen LogP contribution in [0.2, 0.25) is 0 Å². The van der Waals surface area contributed by atoms with Crippen LogP contribution in [0.3, 0.4) is 0 Å². The summed E-state index contributed by atoms with van der Waals surface area (Å²) in [5, 5.41) is 3.17. The highest BCUT2D eigenvalue weighted by atomic mass is 16.5. The second kappa shape index (κ2) is 6.26. The van der Waals surface area contributed by atoms with Gasteiger partial charge >= 0.3 is 0 Å². The standard InChI is InChI=1S/C16H22N2O3/c1-10-11(2)16(20)18(15(10)19)9-14(17-3)12-6-5-7-13(8-12)21-4/h5-8,10-11,14,17H,9H2,1-4H3. The van der Waals surface area contributed by atoms with Crippen molar-refractivity contribution in [1.29, 1.82) is 0 Å². The van der Waals surface area contributed by atoms with Crippen molar-refractivity contribution in [2.24, 2.45) is 11.8 Å². The summed E-state index contributed by atoms with van der Waals surface area (Å²) in [4.78, 5) is 25.7. The van der Waals surface area contributed by atoms with Crippen molar-refractivity contribution in [3.63, 3.8) is 0 Å². The van der Waals surface area contributed by atoms with Crippen LogP contribution in [0.1, 0.15) is 25.5 Å². The van der Waals surface area contributed by atoms with E-state index in [1.165, 1.54) is 4.90 Å². The van der Waals surface area contributed by atoms with Gasteiger partial charge in [-0.2, -0.15) is 0 Å². The number of carbonyl (C=O) groups is 2. The summed E-state index contributed by atoms with van der Waals surface area (Å²) in [5.74, 6) is 0.112. The number of hydrogen-bond donors (Lipinski definition) is 1. The van der Waals surface area contributed by atoms with Crippen LogP contribution in [0.15, 0.2) is 24.3 Å². The zero-order valence-electron chi connectivity index (χ0n) is 12.9. The third-order valence-electron chi connectivity index (χ3n) is 4.27. The van der Waals surface area contributed by atoms with Gasteiger partial charge in [-0.15, -0.1) is 0 Å². The number of imide groups is 1. The molecule has 5 heteroatoms. The van der Waals surface area contributed by atoms with Crippen molar-refractivity contribution in [2.45, 2.75) is 19.9 Å². The normalized spacial score (nSPS) is 23.5. The Morgan fingerprint density at radius 3 is 2.38 bits per heavy atom. The molecule has 1 aromatic rings. The SMILES string of the molecule is CNC(CN1C(=O)C(C)C(C)C1=O)c1cccc(OC)c1. The summed E-state index contributed by atoms with van der Waals surface area (Å²) < 4.78 is 5.22. The predicted octanol–water partition coefficient (Wildman–Crippen LogP) is 1.60. The van der Waals surface area contributed by atoms with Crippen molar-refractivity contribution < 1.29 is 14.3 Å². The van der Waals surface area contributed by atoms with Gasteiger partial charge in [-0.1, -0.05) is 26.0 Å². The molecular weight excluding hydrogens is 268 g/mol. The molecule has 0 radical (unpaired) electrons. The minimum absolute atomic E-state index is 0.0874. The van der Waals surface area contributed by atoms with Gasteiger partial charge in [0.15, 0.2) is 0 Å². The third kappa shape index (κ3) is 2.93. The van der Waals surface area contributed by atoms with Gasteiger partial charge in [0, 0.05) is 18.4 Å². The molecule has 1 heterocycles. The molecule has 21 heavy (non-hydrogen) atoms.